The van der Waals surface area contributed by atoms with Gasteiger partial charge in [-0.25, -0.2) is 13.6 Å². The third kappa shape index (κ3) is 4.38. The van der Waals surface area contributed by atoms with Gasteiger partial charge in [-0.1, -0.05) is 6.42 Å². The number of hydrogen-bond acceptors (Lipinski definition) is 3. The lowest BCUT2D eigenvalue weighted by Gasteiger charge is -2.41. The Morgan fingerprint density at radius 1 is 1.57 bits per heavy atom. The molecule has 0 bridgehead atoms. The SMILES string of the molecule is COCC1(CNC(=O)Nc2cnn(CC(F)F)c2)CCC1. The summed E-state index contributed by atoms with van der Waals surface area (Å²) in [7, 11) is 1.65. The summed E-state index contributed by atoms with van der Waals surface area (Å²) in [6.07, 6.45) is 3.46. The molecule has 1 aromatic heterocycles. The molecule has 1 aliphatic rings. The van der Waals surface area contributed by atoms with Crippen molar-refractivity contribution in [3.63, 3.8) is 0 Å². The first-order valence-electron chi connectivity index (χ1n) is 6.87. The molecular weight excluding hydrogens is 282 g/mol. The molecule has 0 radical (unpaired) electrons. The van der Waals surface area contributed by atoms with Crippen molar-refractivity contribution in [2.24, 2.45) is 5.41 Å². The number of aromatic nitrogens is 2. The maximum Gasteiger partial charge on any atom is 0.319 e. The first kappa shape index (κ1) is 15.7. The standard InChI is InChI=1S/C13H20F2N4O2/c1-21-9-13(3-2-4-13)8-16-12(20)18-10-5-17-19(6-10)7-11(14)15/h5-6,11H,2-4,7-9H2,1H3,(H2,16,18,20). The van der Waals surface area contributed by atoms with Gasteiger partial charge in [-0.3, -0.25) is 4.68 Å². The minimum atomic E-state index is -2.47. The number of nitrogens with one attached hydrogen (secondary N) is 2. The molecule has 2 rings (SSSR count). The number of hydrogen-bond donors (Lipinski definition) is 2. The van der Waals surface area contributed by atoms with Gasteiger partial charge in [0.15, 0.2) is 0 Å². The molecule has 2 amide bonds. The van der Waals surface area contributed by atoms with Gasteiger partial charge >= 0.3 is 6.03 Å². The second-order valence-electron chi connectivity index (χ2n) is 5.44. The Morgan fingerprint density at radius 3 is 2.90 bits per heavy atom. The number of rotatable bonds is 7. The fourth-order valence-corrected chi connectivity index (χ4v) is 2.47. The van der Waals surface area contributed by atoms with Crippen molar-refractivity contribution in [1.82, 2.24) is 15.1 Å². The van der Waals surface area contributed by atoms with Crippen LogP contribution in [0.15, 0.2) is 12.4 Å². The largest absolute Gasteiger partial charge is 0.384 e. The molecule has 0 saturated heterocycles. The lowest BCUT2D eigenvalue weighted by molar-refractivity contribution is 0.0203. The van der Waals surface area contributed by atoms with Crippen LogP contribution in [0, 0.1) is 5.41 Å². The molecule has 1 saturated carbocycles. The minimum Gasteiger partial charge on any atom is -0.384 e. The zero-order valence-electron chi connectivity index (χ0n) is 11.9. The summed E-state index contributed by atoms with van der Waals surface area (Å²) in [6.45, 7) is 0.678. The first-order valence-corrected chi connectivity index (χ1v) is 6.87. The topological polar surface area (TPSA) is 68.2 Å². The summed E-state index contributed by atoms with van der Waals surface area (Å²) in [5.41, 5.74) is 0.425. The maximum atomic E-state index is 12.2. The average molecular weight is 302 g/mol. The predicted octanol–water partition coefficient (Wildman–Crippen LogP) is 2.09. The maximum absolute atomic E-state index is 12.2. The summed E-state index contributed by atoms with van der Waals surface area (Å²) >= 11 is 0. The molecule has 1 aromatic rings. The Hall–Kier alpha value is -1.70. The number of methoxy groups -OCH3 is 1. The van der Waals surface area contributed by atoms with E-state index >= 15 is 0 Å². The van der Waals surface area contributed by atoms with Crippen molar-refractivity contribution in [1.29, 1.82) is 0 Å². The van der Waals surface area contributed by atoms with Crippen molar-refractivity contribution in [2.75, 3.05) is 25.6 Å². The molecule has 0 unspecified atom stereocenters. The van der Waals surface area contributed by atoms with Crippen molar-refractivity contribution in [3.8, 4) is 0 Å². The average Bonchev–Trinajstić information content (AvgIpc) is 2.78. The number of nitrogens with zero attached hydrogens (tertiary/aromatic N) is 2. The van der Waals surface area contributed by atoms with Crippen LogP contribution >= 0.6 is 0 Å². The van der Waals surface area contributed by atoms with Gasteiger partial charge in [0.05, 0.1) is 18.5 Å². The summed E-state index contributed by atoms with van der Waals surface area (Å²) < 4.78 is 30.7. The predicted molar refractivity (Wildman–Crippen MR) is 73.4 cm³/mol. The van der Waals surface area contributed by atoms with Crippen molar-refractivity contribution >= 4 is 11.7 Å². The second-order valence-corrected chi connectivity index (χ2v) is 5.44. The Morgan fingerprint density at radius 2 is 2.33 bits per heavy atom. The summed E-state index contributed by atoms with van der Waals surface area (Å²) in [4.78, 5) is 11.8. The first-order chi connectivity index (χ1) is 10.0. The lowest BCUT2D eigenvalue weighted by atomic mass is 9.69. The molecule has 2 N–H and O–H groups in total. The highest BCUT2D eigenvalue weighted by atomic mass is 19.3. The van der Waals surface area contributed by atoms with Gasteiger partial charge in [0.25, 0.3) is 6.43 Å². The van der Waals surface area contributed by atoms with Crippen LogP contribution in [0.4, 0.5) is 19.3 Å². The number of halogens is 2. The number of alkyl halides is 2. The second kappa shape index (κ2) is 6.84. The fraction of sp³-hybridized carbons (Fsp3) is 0.692. The lowest BCUT2D eigenvalue weighted by Crippen LogP contribution is -2.46. The highest BCUT2D eigenvalue weighted by Gasteiger charge is 2.37. The van der Waals surface area contributed by atoms with Crippen LogP contribution in [0.5, 0.6) is 0 Å². The van der Waals surface area contributed by atoms with Gasteiger partial charge in [0.2, 0.25) is 0 Å². The molecule has 0 aromatic carbocycles. The van der Waals surface area contributed by atoms with Gasteiger partial charge in [0.1, 0.15) is 6.54 Å². The highest BCUT2D eigenvalue weighted by molar-refractivity contribution is 5.88. The van der Waals surface area contributed by atoms with Crippen LogP contribution in [0.2, 0.25) is 0 Å². The molecule has 0 atom stereocenters. The normalized spacial score (nSPS) is 16.6. The molecule has 8 heteroatoms. The Kier molecular flexibility index (Phi) is 5.11. The zero-order valence-corrected chi connectivity index (χ0v) is 11.9. The van der Waals surface area contributed by atoms with Crippen molar-refractivity contribution in [2.45, 2.75) is 32.2 Å². The zero-order chi connectivity index (χ0) is 15.3. The van der Waals surface area contributed by atoms with Crippen LogP contribution in [0.1, 0.15) is 19.3 Å². The van der Waals surface area contributed by atoms with Crippen LogP contribution < -0.4 is 10.6 Å². The van der Waals surface area contributed by atoms with Gasteiger partial charge in [0, 0.05) is 25.3 Å². The third-order valence-electron chi connectivity index (χ3n) is 3.70. The van der Waals surface area contributed by atoms with Crippen molar-refractivity contribution in [3.05, 3.63) is 12.4 Å². The summed E-state index contributed by atoms with van der Waals surface area (Å²) in [5.74, 6) is 0. The van der Waals surface area contributed by atoms with E-state index in [0.29, 0.717) is 18.8 Å². The van der Waals surface area contributed by atoms with E-state index in [1.54, 1.807) is 7.11 Å². The van der Waals surface area contributed by atoms with Crippen LogP contribution in [-0.2, 0) is 11.3 Å². The number of anilines is 1. The molecule has 0 aliphatic heterocycles. The minimum absolute atomic E-state index is 0.0337. The number of urea groups is 1. The number of ether oxygens (including phenoxy) is 1. The van der Waals surface area contributed by atoms with Gasteiger partial charge < -0.3 is 15.4 Å². The van der Waals surface area contributed by atoms with E-state index < -0.39 is 13.0 Å². The number of carbonyl (C=O) groups excluding carboxylic acids is 1. The Bertz CT molecular complexity index is 474. The van der Waals surface area contributed by atoms with Gasteiger partial charge in [-0.2, -0.15) is 5.10 Å². The van der Waals surface area contributed by atoms with Gasteiger partial charge in [-0.15, -0.1) is 0 Å². The smallest absolute Gasteiger partial charge is 0.319 e. The van der Waals surface area contributed by atoms with Crippen LogP contribution in [0.3, 0.4) is 0 Å². The van der Waals surface area contributed by atoms with Crippen LogP contribution in [-0.4, -0.2) is 42.5 Å². The summed E-state index contributed by atoms with van der Waals surface area (Å²) in [5, 5.41) is 9.12. The van der Waals surface area contributed by atoms with Crippen LogP contribution in [0.25, 0.3) is 0 Å². The van der Waals surface area contributed by atoms with E-state index in [2.05, 4.69) is 15.7 Å². The number of carbonyl (C=O) groups is 1. The molecule has 1 heterocycles. The molecule has 0 spiro atoms. The molecule has 1 aliphatic carbocycles. The summed E-state index contributed by atoms with van der Waals surface area (Å²) in [6, 6.07) is -0.367. The van der Waals surface area contributed by atoms with E-state index in [4.69, 9.17) is 4.74 Å². The number of amides is 2. The fourth-order valence-electron chi connectivity index (χ4n) is 2.47. The quantitative estimate of drug-likeness (QED) is 0.810. The third-order valence-corrected chi connectivity index (χ3v) is 3.70. The molecule has 118 valence electrons. The van der Waals surface area contributed by atoms with Crippen molar-refractivity contribution < 1.29 is 18.3 Å². The van der Waals surface area contributed by atoms with E-state index in [1.807, 2.05) is 0 Å². The van der Waals surface area contributed by atoms with E-state index in [0.717, 1.165) is 23.9 Å². The monoisotopic (exact) mass is 302 g/mol. The molecule has 21 heavy (non-hydrogen) atoms. The Labute approximate surface area is 121 Å². The molecule has 1 fully saturated rings. The van der Waals surface area contributed by atoms with E-state index in [9.17, 15) is 13.6 Å². The van der Waals surface area contributed by atoms with E-state index in [1.165, 1.54) is 12.4 Å². The molecular formula is C13H20F2N4O2. The highest BCUT2D eigenvalue weighted by Crippen LogP contribution is 2.40. The molecule has 6 nitrogen and oxygen atoms in total. The Balaban J connectivity index is 1.77. The van der Waals surface area contributed by atoms with Gasteiger partial charge in [-0.05, 0) is 12.8 Å². The van der Waals surface area contributed by atoms with E-state index in [-0.39, 0.29) is 11.4 Å².